The molecule has 0 unspecified atom stereocenters. The number of hydrogen-bond donors (Lipinski definition) is 1. The fraction of sp³-hybridized carbons (Fsp3) is 0.316. The molecule has 25 heavy (non-hydrogen) atoms. The lowest BCUT2D eigenvalue weighted by atomic mass is 10.1. The summed E-state index contributed by atoms with van der Waals surface area (Å²) in [7, 11) is 1.65. The standard InChI is InChI=1S/C19H22N4O2/c1-3-23-18-16(13-21-23)15(19(24)20-10-7-11-25-2)12-17(22-18)14-8-5-4-6-9-14/h4-6,8-9,12-13H,3,7,10-11H2,1-2H3,(H,20,24). The summed E-state index contributed by atoms with van der Waals surface area (Å²) in [5.41, 5.74) is 3.07. The van der Waals surface area contributed by atoms with Crippen molar-refractivity contribution in [2.45, 2.75) is 19.9 Å². The third kappa shape index (κ3) is 3.69. The predicted octanol–water partition coefficient (Wildman–Crippen LogP) is 2.88. The smallest absolute Gasteiger partial charge is 0.252 e. The van der Waals surface area contributed by atoms with Gasteiger partial charge in [-0.15, -0.1) is 0 Å². The predicted molar refractivity (Wildman–Crippen MR) is 97.5 cm³/mol. The van der Waals surface area contributed by atoms with Gasteiger partial charge in [0.05, 0.1) is 22.8 Å². The Balaban J connectivity index is 2.01. The van der Waals surface area contributed by atoms with Gasteiger partial charge in [0.2, 0.25) is 0 Å². The first-order valence-electron chi connectivity index (χ1n) is 8.43. The highest BCUT2D eigenvalue weighted by Gasteiger charge is 2.16. The van der Waals surface area contributed by atoms with Crippen LogP contribution in [-0.4, -0.2) is 40.9 Å². The molecule has 3 rings (SSSR count). The van der Waals surface area contributed by atoms with Gasteiger partial charge in [-0.1, -0.05) is 30.3 Å². The summed E-state index contributed by atoms with van der Waals surface area (Å²) in [4.78, 5) is 17.4. The second-order valence-electron chi connectivity index (χ2n) is 5.72. The molecule has 0 bridgehead atoms. The number of carbonyl (C=O) groups is 1. The molecular weight excluding hydrogens is 316 g/mol. The third-order valence-corrected chi connectivity index (χ3v) is 4.03. The van der Waals surface area contributed by atoms with Gasteiger partial charge >= 0.3 is 0 Å². The van der Waals surface area contributed by atoms with Crippen LogP contribution in [0.5, 0.6) is 0 Å². The molecule has 0 atom stereocenters. The van der Waals surface area contributed by atoms with E-state index in [2.05, 4.69) is 10.4 Å². The van der Waals surface area contributed by atoms with Gasteiger partial charge in [0, 0.05) is 32.4 Å². The van der Waals surface area contributed by atoms with Crippen LogP contribution in [0.2, 0.25) is 0 Å². The van der Waals surface area contributed by atoms with Crippen molar-refractivity contribution in [2.75, 3.05) is 20.3 Å². The van der Waals surface area contributed by atoms with Crippen molar-refractivity contribution in [1.29, 1.82) is 0 Å². The first-order valence-corrected chi connectivity index (χ1v) is 8.43. The molecule has 0 radical (unpaired) electrons. The molecule has 0 aliphatic rings. The summed E-state index contributed by atoms with van der Waals surface area (Å²) in [5.74, 6) is -0.115. The van der Waals surface area contributed by atoms with Crippen molar-refractivity contribution >= 4 is 16.9 Å². The number of carbonyl (C=O) groups excluding carboxylic acids is 1. The summed E-state index contributed by atoms with van der Waals surface area (Å²) in [5, 5.41) is 8.07. The molecule has 1 amide bonds. The molecule has 0 fully saturated rings. The highest BCUT2D eigenvalue weighted by atomic mass is 16.5. The quantitative estimate of drug-likeness (QED) is 0.673. The average molecular weight is 338 g/mol. The number of nitrogens with one attached hydrogen (secondary N) is 1. The maximum absolute atomic E-state index is 12.7. The van der Waals surface area contributed by atoms with Gasteiger partial charge in [0.15, 0.2) is 5.65 Å². The number of ether oxygens (including phenoxy) is 1. The topological polar surface area (TPSA) is 69.0 Å². The van der Waals surface area contributed by atoms with E-state index in [4.69, 9.17) is 9.72 Å². The van der Waals surface area contributed by atoms with E-state index in [1.54, 1.807) is 13.3 Å². The van der Waals surface area contributed by atoms with E-state index in [0.717, 1.165) is 28.7 Å². The molecule has 0 saturated carbocycles. The molecule has 130 valence electrons. The van der Waals surface area contributed by atoms with Crippen LogP contribution in [0.25, 0.3) is 22.3 Å². The number of benzene rings is 1. The van der Waals surface area contributed by atoms with Crippen LogP contribution < -0.4 is 5.32 Å². The summed E-state index contributed by atoms with van der Waals surface area (Å²) in [6.07, 6.45) is 2.49. The van der Waals surface area contributed by atoms with Gasteiger partial charge in [0.25, 0.3) is 5.91 Å². The number of fused-ring (bicyclic) bond motifs is 1. The zero-order valence-electron chi connectivity index (χ0n) is 14.5. The van der Waals surface area contributed by atoms with Gasteiger partial charge in [-0.25, -0.2) is 9.67 Å². The second-order valence-corrected chi connectivity index (χ2v) is 5.72. The number of aryl methyl sites for hydroxylation is 1. The van der Waals surface area contributed by atoms with Gasteiger partial charge < -0.3 is 10.1 Å². The summed E-state index contributed by atoms with van der Waals surface area (Å²) < 4.78 is 6.83. The molecule has 6 heteroatoms. The zero-order valence-corrected chi connectivity index (χ0v) is 14.5. The van der Waals surface area contributed by atoms with E-state index < -0.39 is 0 Å². The molecule has 1 aromatic carbocycles. The Hall–Kier alpha value is -2.73. The van der Waals surface area contributed by atoms with E-state index in [-0.39, 0.29) is 5.91 Å². The fourth-order valence-electron chi connectivity index (χ4n) is 2.74. The van der Waals surface area contributed by atoms with Gasteiger partial charge in [0.1, 0.15) is 0 Å². The van der Waals surface area contributed by atoms with E-state index in [0.29, 0.717) is 25.3 Å². The van der Waals surface area contributed by atoms with Gasteiger partial charge in [-0.3, -0.25) is 4.79 Å². The second kappa shape index (κ2) is 7.90. The monoisotopic (exact) mass is 338 g/mol. The molecule has 0 aliphatic heterocycles. The minimum atomic E-state index is -0.115. The Morgan fingerprint density at radius 2 is 2.08 bits per heavy atom. The molecule has 6 nitrogen and oxygen atoms in total. The lowest BCUT2D eigenvalue weighted by Crippen LogP contribution is -2.25. The van der Waals surface area contributed by atoms with E-state index in [1.807, 2.05) is 48.0 Å². The maximum atomic E-state index is 12.7. The van der Waals surface area contributed by atoms with Crippen LogP contribution in [-0.2, 0) is 11.3 Å². The maximum Gasteiger partial charge on any atom is 0.252 e. The number of aromatic nitrogens is 3. The summed E-state index contributed by atoms with van der Waals surface area (Å²) >= 11 is 0. The minimum absolute atomic E-state index is 0.115. The number of hydrogen-bond acceptors (Lipinski definition) is 4. The normalized spacial score (nSPS) is 11.0. The van der Waals surface area contributed by atoms with Crippen molar-refractivity contribution in [3.8, 4) is 11.3 Å². The Kier molecular flexibility index (Phi) is 5.40. The number of nitrogens with zero attached hydrogens (tertiary/aromatic N) is 3. The highest BCUT2D eigenvalue weighted by Crippen LogP contribution is 2.24. The van der Waals surface area contributed by atoms with Crippen LogP contribution in [0.3, 0.4) is 0 Å². The van der Waals surface area contributed by atoms with Crippen LogP contribution in [0, 0.1) is 0 Å². The van der Waals surface area contributed by atoms with Crippen molar-refractivity contribution in [3.63, 3.8) is 0 Å². The summed E-state index contributed by atoms with van der Waals surface area (Å²) in [6, 6.07) is 11.7. The SMILES string of the molecule is CCn1ncc2c(C(=O)NCCCOC)cc(-c3ccccc3)nc21. The molecule has 0 aliphatic carbocycles. The van der Waals surface area contributed by atoms with Crippen molar-refractivity contribution in [3.05, 3.63) is 48.2 Å². The Bertz CT molecular complexity index is 858. The molecular formula is C19H22N4O2. The number of rotatable bonds is 7. The first-order chi connectivity index (χ1) is 12.2. The Morgan fingerprint density at radius 3 is 2.80 bits per heavy atom. The minimum Gasteiger partial charge on any atom is -0.385 e. The molecule has 1 N–H and O–H groups in total. The van der Waals surface area contributed by atoms with Crippen LogP contribution in [0.4, 0.5) is 0 Å². The molecule has 2 aromatic heterocycles. The lowest BCUT2D eigenvalue weighted by molar-refractivity contribution is 0.0950. The third-order valence-electron chi connectivity index (χ3n) is 4.03. The number of pyridine rings is 1. The number of methoxy groups -OCH3 is 1. The van der Waals surface area contributed by atoms with Crippen molar-refractivity contribution in [2.24, 2.45) is 0 Å². The van der Waals surface area contributed by atoms with E-state index in [9.17, 15) is 4.79 Å². The van der Waals surface area contributed by atoms with E-state index in [1.165, 1.54) is 0 Å². The number of amides is 1. The zero-order chi connectivity index (χ0) is 17.6. The first kappa shape index (κ1) is 17.1. The molecule has 0 spiro atoms. The van der Waals surface area contributed by atoms with Gasteiger partial charge in [-0.05, 0) is 19.4 Å². The molecule has 2 heterocycles. The van der Waals surface area contributed by atoms with Gasteiger partial charge in [-0.2, -0.15) is 5.10 Å². The summed E-state index contributed by atoms with van der Waals surface area (Å²) in [6.45, 7) is 3.89. The Labute approximate surface area is 146 Å². The van der Waals surface area contributed by atoms with Crippen molar-refractivity contribution < 1.29 is 9.53 Å². The van der Waals surface area contributed by atoms with Crippen LogP contribution >= 0.6 is 0 Å². The lowest BCUT2D eigenvalue weighted by Gasteiger charge is -2.09. The Morgan fingerprint density at radius 1 is 1.28 bits per heavy atom. The molecule has 3 aromatic rings. The van der Waals surface area contributed by atoms with Crippen LogP contribution in [0.1, 0.15) is 23.7 Å². The van der Waals surface area contributed by atoms with Crippen molar-refractivity contribution in [1.82, 2.24) is 20.1 Å². The van der Waals surface area contributed by atoms with Crippen LogP contribution in [0.15, 0.2) is 42.6 Å². The largest absolute Gasteiger partial charge is 0.385 e. The average Bonchev–Trinajstić information content (AvgIpc) is 3.08. The fourth-order valence-corrected chi connectivity index (χ4v) is 2.74. The molecule has 0 saturated heterocycles. The highest BCUT2D eigenvalue weighted by molar-refractivity contribution is 6.06. The van der Waals surface area contributed by atoms with E-state index >= 15 is 0 Å².